The molecule has 1 saturated carbocycles. The molecule has 3 saturated heterocycles. The standard InChI is InChI=1S/C38H42ClN9O4S/c1-45-34-22-27(6-8-32(34)36(44-45)48-20-14-35(49)43-38(48)50)26-10-16-46(17-11-26)15-2-3-28-21-31(7-9-33(28)39)53(51,52)47-18-12-30(13-19-47)42-37-40-23-29(24-41-37)25-4-5-25/h6-9,21-26,30H,4-5,10-20H2,1H3,(H,40,41,42)(H,43,49,50). The average molecular weight is 756 g/mol. The Morgan fingerprint density at radius 2 is 1.64 bits per heavy atom. The molecule has 13 nitrogen and oxygen atoms in total. The Morgan fingerprint density at radius 3 is 2.36 bits per heavy atom. The number of benzene rings is 2. The van der Waals surface area contributed by atoms with E-state index in [9.17, 15) is 18.0 Å². The molecular weight excluding hydrogens is 714 g/mol. The van der Waals surface area contributed by atoms with Gasteiger partial charge in [-0.2, -0.15) is 9.40 Å². The van der Waals surface area contributed by atoms with E-state index in [-0.39, 0.29) is 23.3 Å². The third-order valence-electron chi connectivity index (χ3n) is 10.8. The van der Waals surface area contributed by atoms with E-state index in [2.05, 4.69) is 54.6 Å². The van der Waals surface area contributed by atoms with Gasteiger partial charge in [-0.1, -0.05) is 29.5 Å². The number of carbonyl (C=O) groups is 2. The molecule has 53 heavy (non-hydrogen) atoms. The molecule has 8 rings (SSSR count). The molecule has 0 unspecified atom stereocenters. The van der Waals surface area contributed by atoms with Crippen molar-refractivity contribution in [1.82, 2.24) is 34.3 Å². The molecule has 4 aliphatic rings. The third kappa shape index (κ3) is 7.62. The lowest BCUT2D eigenvalue weighted by Gasteiger charge is -2.31. The van der Waals surface area contributed by atoms with Crippen molar-refractivity contribution in [3.05, 3.63) is 70.5 Å². The number of aromatic nitrogens is 4. The number of urea groups is 1. The van der Waals surface area contributed by atoms with E-state index < -0.39 is 16.1 Å². The minimum absolute atomic E-state index is 0.105. The Balaban J connectivity index is 0.848. The number of sulfonamides is 1. The van der Waals surface area contributed by atoms with Gasteiger partial charge in [0.2, 0.25) is 21.9 Å². The first-order chi connectivity index (χ1) is 25.6. The molecule has 1 aliphatic carbocycles. The molecule has 0 spiro atoms. The fourth-order valence-corrected chi connectivity index (χ4v) is 9.18. The zero-order chi connectivity index (χ0) is 36.7. The van der Waals surface area contributed by atoms with E-state index in [1.165, 1.54) is 33.2 Å². The highest BCUT2D eigenvalue weighted by atomic mass is 35.5. The first kappa shape index (κ1) is 35.5. The molecule has 3 amide bonds. The zero-order valence-electron chi connectivity index (χ0n) is 29.6. The Kier molecular flexibility index (Phi) is 9.84. The number of piperidine rings is 2. The Hall–Kier alpha value is -4.55. The molecule has 0 bridgehead atoms. The number of hydrogen-bond donors (Lipinski definition) is 2. The van der Waals surface area contributed by atoms with E-state index in [1.54, 1.807) is 22.9 Å². The molecule has 4 fully saturated rings. The second kappa shape index (κ2) is 14.7. The normalized spacial score (nSPS) is 19.6. The van der Waals surface area contributed by atoms with Crippen LogP contribution in [0.4, 0.5) is 16.6 Å². The van der Waals surface area contributed by atoms with E-state index in [0.29, 0.717) is 73.2 Å². The van der Waals surface area contributed by atoms with Crippen LogP contribution in [-0.2, 0) is 21.9 Å². The topological polar surface area (TPSA) is 146 Å². The predicted octanol–water partition coefficient (Wildman–Crippen LogP) is 4.84. The molecule has 276 valence electrons. The zero-order valence-corrected chi connectivity index (χ0v) is 31.2. The van der Waals surface area contributed by atoms with Gasteiger partial charge < -0.3 is 5.32 Å². The summed E-state index contributed by atoms with van der Waals surface area (Å²) in [6.07, 6.45) is 9.70. The lowest BCUT2D eigenvalue weighted by molar-refractivity contribution is -0.120. The van der Waals surface area contributed by atoms with Gasteiger partial charge >= 0.3 is 6.03 Å². The van der Waals surface area contributed by atoms with Gasteiger partial charge in [-0.25, -0.2) is 23.2 Å². The number of aryl methyl sites for hydroxylation is 1. The molecule has 4 aromatic rings. The van der Waals surface area contributed by atoms with Crippen LogP contribution in [0.3, 0.4) is 0 Å². The minimum atomic E-state index is -3.71. The maximum atomic E-state index is 13.6. The van der Waals surface area contributed by atoms with E-state index in [1.807, 2.05) is 25.5 Å². The number of rotatable bonds is 8. The summed E-state index contributed by atoms with van der Waals surface area (Å²) in [6, 6.07) is 10.7. The van der Waals surface area contributed by atoms with Gasteiger partial charge in [-0.3, -0.25) is 24.6 Å². The number of hydrogen-bond acceptors (Lipinski definition) is 9. The second-order valence-electron chi connectivity index (χ2n) is 14.4. The highest BCUT2D eigenvalue weighted by Gasteiger charge is 2.31. The summed E-state index contributed by atoms with van der Waals surface area (Å²) in [4.78, 5) is 37.0. The van der Waals surface area contributed by atoms with Crippen molar-refractivity contribution in [1.29, 1.82) is 0 Å². The van der Waals surface area contributed by atoms with Crippen LogP contribution in [0.2, 0.25) is 5.02 Å². The Bertz CT molecular complexity index is 2210. The quantitative estimate of drug-likeness (QED) is 0.242. The van der Waals surface area contributed by atoms with E-state index in [4.69, 9.17) is 11.6 Å². The number of halogens is 1. The summed E-state index contributed by atoms with van der Waals surface area (Å²) in [6.45, 7) is 3.41. The van der Waals surface area contributed by atoms with Gasteiger partial charge in [0.15, 0.2) is 5.82 Å². The maximum absolute atomic E-state index is 13.6. The molecule has 0 atom stereocenters. The monoisotopic (exact) mass is 755 g/mol. The molecule has 2 N–H and O–H groups in total. The second-order valence-corrected chi connectivity index (χ2v) is 16.8. The van der Waals surface area contributed by atoms with E-state index >= 15 is 0 Å². The van der Waals surface area contributed by atoms with Crippen molar-refractivity contribution in [3.63, 3.8) is 0 Å². The lowest BCUT2D eigenvalue weighted by atomic mass is 9.89. The molecule has 2 aromatic heterocycles. The van der Waals surface area contributed by atoms with Gasteiger partial charge in [0.1, 0.15) is 0 Å². The first-order valence-electron chi connectivity index (χ1n) is 18.3. The Morgan fingerprint density at radius 1 is 0.906 bits per heavy atom. The van der Waals surface area contributed by atoms with Crippen molar-refractivity contribution in [2.24, 2.45) is 7.05 Å². The minimum Gasteiger partial charge on any atom is -0.351 e. The number of nitrogens with zero attached hydrogens (tertiary/aromatic N) is 7. The third-order valence-corrected chi connectivity index (χ3v) is 13.1. The molecule has 2 aromatic carbocycles. The van der Waals surface area contributed by atoms with Crippen LogP contribution in [0.1, 0.15) is 73.5 Å². The van der Waals surface area contributed by atoms with Crippen LogP contribution < -0.4 is 15.5 Å². The fourth-order valence-electron chi connectivity index (χ4n) is 7.52. The van der Waals surface area contributed by atoms with Crippen LogP contribution in [0.5, 0.6) is 0 Å². The molecule has 5 heterocycles. The van der Waals surface area contributed by atoms with Gasteiger partial charge in [-0.15, -0.1) is 0 Å². The van der Waals surface area contributed by atoms with Crippen molar-refractivity contribution in [2.75, 3.05) is 49.5 Å². The number of amides is 3. The SMILES string of the molecule is Cn1nc(N2CCC(=O)NC2=O)c2ccc(C3CCN(CC#Cc4cc(S(=O)(=O)N5CCC(Nc6ncc(C7CC7)cn6)CC5)ccc4Cl)CC3)cc21. The van der Waals surface area contributed by atoms with Crippen molar-refractivity contribution >= 4 is 56.2 Å². The van der Waals surface area contributed by atoms with Crippen LogP contribution in [0, 0.1) is 11.8 Å². The molecular formula is C38H42ClN9O4S. The van der Waals surface area contributed by atoms with Crippen LogP contribution in [0.15, 0.2) is 53.7 Å². The van der Waals surface area contributed by atoms with Gasteiger partial charge in [0.25, 0.3) is 0 Å². The summed E-state index contributed by atoms with van der Waals surface area (Å²) >= 11 is 6.49. The highest BCUT2D eigenvalue weighted by Crippen LogP contribution is 2.39. The summed E-state index contributed by atoms with van der Waals surface area (Å²) in [5, 5.41) is 11.7. The van der Waals surface area contributed by atoms with Crippen molar-refractivity contribution in [3.8, 4) is 11.8 Å². The van der Waals surface area contributed by atoms with Crippen molar-refractivity contribution < 1.29 is 18.0 Å². The average Bonchev–Trinajstić information content (AvgIpc) is 3.96. The summed E-state index contributed by atoms with van der Waals surface area (Å²) < 4.78 is 30.6. The first-order valence-corrected chi connectivity index (χ1v) is 20.1. The molecule has 3 aliphatic heterocycles. The summed E-state index contributed by atoms with van der Waals surface area (Å²) in [7, 11) is -1.84. The number of likely N-dealkylation sites (tertiary alicyclic amines) is 1. The number of imide groups is 1. The largest absolute Gasteiger partial charge is 0.351 e. The highest BCUT2D eigenvalue weighted by molar-refractivity contribution is 7.89. The van der Waals surface area contributed by atoms with Crippen LogP contribution in [0.25, 0.3) is 10.9 Å². The molecule has 15 heteroatoms. The molecule has 0 radical (unpaired) electrons. The van der Waals surface area contributed by atoms with Crippen LogP contribution in [-0.4, -0.2) is 94.6 Å². The number of anilines is 2. The smallest absolute Gasteiger partial charge is 0.329 e. The number of nitrogens with one attached hydrogen (secondary N) is 2. The fraction of sp³-hybridized carbons (Fsp3) is 0.447. The van der Waals surface area contributed by atoms with E-state index in [0.717, 1.165) is 36.8 Å². The summed E-state index contributed by atoms with van der Waals surface area (Å²) in [5.74, 6) is 8.23. The number of carbonyl (C=O) groups excluding carboxylic acids is 2. The van der Waals surface area contributed by atoms with Gasteiger partial charge in [0.05, 0.1) is 22.0 Å². The van der Waals surface area contributed by atoms with Crippen molar-refractivity contribution in [2.45, 2.75) is 67.7 Å². The summed E-state index contributed by atoms with van der Waals surface area (Å²) in [5.41, 5.74) is 3.86. The predicted molar refractivity (Wildman–Crippen MR) is 202 cm³/mol. The van der Waals surface area contributed by atoms with Crippen LogP contribution >= 0.6 is 11.6 Å². The van der Waals surface area contributed by atoms with Gasteiger partial charge in [0, 0.05) is 62.5 Å². The Labute approximate surface area is 314 Å². The van der Waals surface area contributed by atoms with Gasteiger partial charge in [-0.05, 0) is 105 Å². The number of fused-ring (bicyclic) bond motifs is 1. The lowest BCUT2D eigenvalue weighted by Crippen LogP contribution is -2.49. The maximum Gasteiger partial charge on any atom is 0.329 e.